The summed E-state index contributed by atoms with van der Waals surface area (Å²) in [5.41, 5.74) is 4.05. The molecule has 0 heterocycles. The number of methoxy groups -OCH3 is 1. The fourth-order valence-corrected chi connectivity index (χ4v) is 3.64. The van der Waals surface area contributed by atoms with Crippen molar-refractivity contribution < 1.29 is 4.74 Å². The maximum atomic E-state index is 6.09. The zero-order valence-electron chi connectivity index (χ0n) is 10.5. The Hall–Kier alpha value is -0.770. The second-order valence-electron chi connectivity index (χ2n) is 5.52. The monoisotopic (exact) mass is 266 g/mol. The topological polar surface area (TPSA) is 47.3 Å². The predicted octanol–water partition coefficient (Wildman–Crippen LogP) is 2.90. The second kappa shape index (κ2) is 4.72. The Balaban J connectivity index is 1.88. The summed E-state index contributed by atoms with van der Waals surface area (Å²) in [5, 5.41) is 0.731. The van der Waals surface area contributed by atoms with Crippen LogP contribution in [-0.2, 0) is 0 Å². The number of ether oxygens (including phenoxy) is 1. The smallest absolute Gasteiger partial charge is 0.123 e. The summed E-state index contributed by atoms with van der Waals surface area (Å²) >= 11 is 6.09. The molecule has 0 aromatic heterocycles. The van der Waals surface area contributed by atoms with Crippen LogP contribution < -0.4 is 16.0 Å². The Kier molecular flexibility index (Phi) is 3.22. The first kappa shape index (κ1) is 12.3. The molecule has 3 rings (SSSR count). The third-order valence-corrected chi connectivity index (χ3v) is 4.69. The van der Waals surface area contributed by atoms with Gasteiger partial charge in [-0.25, -0.2) is 0 Å². The molecule has 0 bridgehead atoms. The highest BCUT2D eigenvalue weighted by Gasteiger charge is 2.48. The van der Waals surface area contributed by atoms with Crippen LogP contribution in [0, 0.1) is 17.8 Å². The average Bonchev–Trinajstić information content (AvgIpc) is 2.98. The Labute approximate surface area is 113 Å². The van der Waals surface area contributed by atoms with Gasteiger partial charge in [-0.3, -0.25) is 11.3 Å². The van der Waals surface area contributed by atoms with Crippen LogP contribution in [0.4, 0.5) is 0 Å². The summed E-state index contributed by atoms with van der Waals surface area (Å²) in [6.07, 6.45) is 3.96. The highest BCUT2D eigenvalue weighted by molar-refractivity contribution is 6.30. The molecule has 0 saturated heterocycles. The van der Waals surface area contributed by atoms with Crippen molar-refractivity contribution in [3.63, 3.8) is 0 Å². The normalized spacial score (nSPS) is 30.9. The molecule has 0 amide bonds. The molecule has 1 aromatic carbocycles. The van der Waals surface area contributed by atoms with E-state index in [1.54, 1.807) is 7.11 Å². The molecule has 3 atom stereocenters. The molecule has 4 heteroatoms. The Bertz CT molecular complexity index is 441. The number of rotatable bonds is 4. The van der Waals surface area contributed by atoms with Crippen LogP contribution >= 0.6 is 11.6 Å². The predicted molar refractivity (Wildman–Crippen MR) is 72.4 cm³/mol. The van der Waals surface area contributed by atoms with Crippen LogP contribution in [0.15, 0.2) is 18.2 Å². The molecule has 2 saturated carbocycles. The van der Waals surface area contributed by atoms with Crippen molar-refractivity contribution >= 4 is 11.6 Å². The zero-order valence-corrected chi connectivity index (χ0v) is 11.3. The number of hydrogen-bond acceptors (Lipinski definition) is 3. The lowest BCUT2D eigenvalue weighted by Crippen LogP contribution is -2.33. The van der Waals surface area contributed by atoms with Crippen molar-refractivity contribution in [1.29, 1.82) is 0 Å². The maximum absolute atomic E-state index is 6.09. The fourth-order valence-electron chi connectivity index (χ4n) is 3.46. The van der Waals surface area contributed by atoms with Gasteiger partial charge in [0.05, 0.1) is 13.2 Å². The molecule has 98 valence electrons. The first-order valence-corrected chi connectivity index (χ1v) is 6.90. The van der Waals surface area contributed by atoms with E-state index < -0.39 is 0 Å². The van der Waals surface area contributed by atoms with Crippen LogP contribution in [0.5, 0.6) is 5.75 Å². The van der Waals surface area contributed by atoms with Gasteiger partial charge < -0.3 is 4.74 Å². The maximum Gasteiger partial charge on any atom is 0.123 e. The SMILES string of the molecule is COc1ccc(Cl)cc1C(NN)C1CC2CC2C1. The third kappa shape index (κ3) is 2.11. The van der Waals surface area contributed by atoms with Gasteiger partial charge in [-0.1, -0.05) is 11.6 Å². The lowest BCUT2D eigenvalue weighted by molar-refractivity contribution is 0.329. The summed E-state index contributed by atoms with van der Waals surface area (Å²) in [7, 11) is 1.69. The molecule has 0 spiro atoms. The molecular formula is C14H19ClN2O. The number of fused-ring (bicyclic) bond motifs is 1. The summed E-state index contributed by atoms with van der Waals surface area (Å²) in [4.78, 5) is 0. The molecule has 2 aliphatic carbocycles. The van der Waals surface area contributed by atoms with Crippen molar-refractivity contribution in [1.82, 2.24) is 5.43 Å². The van der Waals surface area contributed by atoms with Gasteiger partial charge in [0.2, 0.25) is 0 Å². The number of benzene rings is 1. The lowest BCUT2D eigenvalue weighted by atomic mass is 9.89. The van der Waals surface area contributed by atoms with Crippen molar-refractivity contribution in [2.45, 2.75) is 25.3 Å². The number of hydrogen-bond donors (Lipinski definition) is 2. The molecule has 0 radical (unpaired) electrons. The average molecular weight is 267 g/mol. The van der Waals surface area contributed by atoms with E-state index in [1.165, 1.54) is 19.3 Å². The van der Waals surface area contributed by atoms with Gasteiger partial charge in [-0.15, -0.1) is 0 Å². The van der Waals surface area contributed by atoms with Crippen molar-refractivity contribution in [3.05, 3.63) is 28.8 Å². The molecule has 2 fully saturated rings. The van der Waals surface area contributed by atoms with E-state index >= 15 is 0 Å². The van der Waals surface area contributed by atoms with E-state index in [0.29, 0.717) is 5.92 Å². The molecule has 2 aliphatic rings. The zero-order chi connectivity index (χ0) is 12.7. The molecule has 18 heavy (non-hydrogen) atoms. The molecule has 0 aliphatic heterocycles. The lowest BCUT2D eigenvalue weighted by Gasteiger charge is -2.26. The Morgan fingerprint density at radius 2 is 2.06 bits per heavy atom. The standard InChI is InChI=1S/C14H19ClN2O/c1-18-13-3-2-11(15)7-12(13)14(17-16)10-5-8-4-9(8)6-10/h2-3,7-10,14,17H,4-6,16H2,1H3. The fraction of sp³-hybridized carbons (Fsp3) is 0.571. The van der Waals surface area contributed by atoms with Gasteiger partial charge in [0, 0.05) is 10.6 Å². The van der Waals surface area contributed by atoms with Crippen LogP contribution in [0.2, 0.25) is 5.02 Å². The minimum absolute atomic E-state index is 0.145. The quantitative estimate of drug-likeness (QED) is 0.651. The van der Waals surface area contributed by atoms with E-state index in [2.05, 4.69) is 5.43 Å². The van der Waals surface area contributed by atoms with Crippen LogP contribution in [0.25, 0.3) is 0 Å². The van der Waals surface area contributed by atoms with Crippen LogP contribution in [0.3, 0.4) is 0 Å². The number of hydrazine groups is 1. The Morgan fingerprint density at radius 1 is 1.33 bits per heavy atom. The minimum atomic E-state index is 0.145. The highest BCUT2D eigenvalue weighted by atomic mass is 35.5. The van der Waals surface area contributed by atoms with Gasteiger partial charge in [-0.2, -0.15) is 0 Å². The second-order valence-corrected chi connectivity index (χ2v) is 5.95. The molecule has 3 N–H and O–H groups in total. The molecule has 1 aromatic rings. The largest absolute Gasteiger partial charge is 0.496 e. The van der Waals surface area contributed by atoms with Gasteiger partial charge in [0.15, 0.2) is 0 Å². The third-order valence-electron chi connectivity index (χ3n) is 4.46. The first-order valence-electron chi connectivity index (χ1n) is 6.52. The number of nitrogens with two attached hydrogens (primary N) is 1. The highest BCUT2D eigenvalue weighted by Crippen LogP contribution is 2.57. The minimum Gasteiger partial charge on any atom is -0.496 e. The van der Waals surface area contributed by atoms with E-state index in [0.717, 1.165) is 28.2 Å². The number of nitrogens with one attached hydrogen (secondary N) is 1. The summed E-state index contributed by atoms with van der Waals surface area (Å²) in [6.45, 7) is 0. The van der Waals surface area contributed by atoms with Crippen molar-refractivity contribution in [2.24, 2.45) is 23.6 Å². The molecular weight excluding hydrogens is 248 g/mol. The van der Waals surface area contributed by atoms with E-state index in [-0.39, 0.29) is 6.04 Å². The summed E-state index contributed by atoms with van der Waals surface area (Å²) in [5.74, 6) is 9.12. The summed E-state index contributed by atoms with van der Waals surface area (Å²) < 4.78 is 5.43. The Morgan fingerprint density at radius 3 is 2.67 bits per heavy atom. The van der Waals surface area contributed by atoms with Crippen LogP contribution in [-0.4, -0.2) is 7.11 Å². The van der Waals surface area contributed by atoms with Crippen molar-refractivity contribution in [3.8, 4) is 5.75 Å². The van der Waals surface area contributed by atoms with E-state index in [9.17, 15) is 0 Å². The van der Waals surface area contributed by atoms with Crippen LogP contribution in [0.1, 0.15) is 30.9 Å². The van der Waals surface area contributed by atoms with E-state index in [1.807, 2.05) is 18.2 Å². The number of halogens is 1. The summed E-state index contributed by atoms with van der Waals surface area (Å²) in [6, 6.07) is 5.88. The molecule has 3 unspecified atom stereocenters. The van der Waals surface area contributed by atoms with Gasteiger partial charge >= 0.3 is 0 Å². The molecule has 3 nitrogen and oxygen atoms in total. The van der Waals surface area contributed by atoms with Gasteiger partial charge in [0.25, 0.3) is 0 Å². The van der Waals surface area contributed by atoms with Gasteiger partial charge in [-0.05, 0) is 55.2 Å². The van der Waals surface area contributed by atoms with Gasteiger partial charge in [0.1, 0.15) is 5.75 Å². The first-order chi connectivity index (χ1) is 8.72. The van der Waals surface area contributed by atoms with Crippen molar-refractivity contribution in [2.75, 3.05) is 7.11 Å². The van der Waals surface area contributed by atoms with E-state index in [4.69, 9.17) is 22.2 Å².